The van der Waals surface area contributed by atoms with Crippen LogP contribution in [0.2, 0.25) is 0 Å². The van der Waals surface area contributed by atoms with Crippen LogP contribution in [-0.2, 0) is 9.31 Å². The molecule has 1 aliphatic rings. The molecule has 1 heterocycles. The zero-order valence-electron chi connectivity index (χ0n) is 11.4. The summed E-state index contributed by atoms with van der Waals surface area (Å²) in [6.07, 6.45) is 1.62. The number of hydrogen-bond acceptors (Lipinski definition) is 3. The maximum atomic E-state index is 9.63. The van der Waals surface area contributed by atoms with Gasteiger partial charge in [-0.05, 0) is 39.2 Å². The summed E-state index contributed by atoms with van der Waals surface area (Å²) in [4.78, 5) is 0. The fraction of sp³-hybridized carbons (Fsp3) is 0.429. The van der Waals surface area contributed by atoms with E-state index in [-0.39, 0.29) is 17.0 Å². The predicted octanol–water partition coefficient (Wildman–Crippen LogP) is 2.33. The van der Waals surface area contributed by atoms with E-state index in [4.69, 9.17) is 9.31 Å². The maximum Gasteiger partial charge on any atom is 0.494 e. The Morgan fingerprint density at radius 3 is 2.22 bits per heavy atom. The van der Waals surface area contributed by atoms with Crippen LogP contribution in [0.1, 0.15) is 33.3 Å². The van der Waals surface area contributed by atoms with E-state index < -0.39 is 7.12 Å². The van der Waals surface area contributed by atoms with E-state index in [1.165, 1.54) is 0 Å². The van der Waals surface area contributed by atoms with Crippen LogP contribution in [0, 0.1) is 0 Å². The molecule has 18 heavy (non-hydrogen) atoms. The highest BCUT2D eigenvalue weighted by atomic mass is 16.7. The Morgan fingerprint density at radius 1 is 1.17 bits per heavy atom. The van der Waals surface area contributed by atoms with Gasteiger partial charge in [0.15, 0.2) is 0 Å². The molecule has 0 aliphatic carbocycles. The normalized spacial score (nSPS) is 21.0. The Morgan fingerprint density at radius 2 is 1.72 bits per heavy atom. The minimum atomic E-state index is -0.408. The number of phenolic OH excluding ortho intramolecular Hbond substituents is 1. The summed E-state index contributed by atoms with van der Waals surface area (Å²) in [7, 11) is -0.408. The van der Waals surface area contributed by atoms with Gasteiger partial charge >= 0.3 is 7.12 Å². The Labute approximate surface area is 109 Å². The van der Waals surface area contributed by atoms with Crippen LogP contribution in [0.5, 0.6) is 5.75 Å². The largest absolute Gasteiger partial charge is 0.507 e. The summed E-state index contributed by atoms with van der Waals surface area (Å²) in [5, 5.41) is 9.63. The Hall–Kier alpha value is -1.26. The van der Waals surface area contributed by atoms with E-state index in [0.717, 1.165) is 5.46 Å². The van der Waals surface area contributed by atoms with Gasteiger partial charge in [0, 0.05) is 5.56 Å². The topological polar surface area (TPSA) is 38.7 Å². The second-order valence-electron chi connectivity index (χ2n) is 5.61. The molecule has 96 valence electrons. The number of rotatable bonds is 2. The summed E-state index contributed by atoms with van der Waals surface area (Å²) < 4.78 is 11.9. The highest BCUT2D eigenvalue weighted by Crippen LogP contribution is 2.36. The van der Waals surface area contributed by atoms with Crippen molar-refractivity contribution < 1.29 is 14.4 Å². The zero-order valence-corrected chi connectivity index (χ0v) is 11.4. The first-order chi connectivity index (χ1) is 8.27. The molecule has 0 aromatic heterocycles. The van der Waals surface area contributed by atoms with Gasteiger partial charge in [-0.2, -0.15) is 0 Å². The van der Waals surface area contributed by atoms with Crippen LogP contribution < -0.4 is 5.46 Å². The zero-order chi connectivity index (χ0) is 13.6. The van der Waals surface area contributed by atoms with Crippen molar-refractivity contribution >= 4 is 18.7 Å². The minimum absolute atomic E-state index is 0.213. The first-order valence-electron chi connectivity index (χ1n) is 6.08. The summed E-state index contributed by atoms with van der Waals surface area (Å²) in [6.45, 7) is 11.7. The van der Waals surface area contributed by atoms with Crippen LogP contribution in [0.3, 0.4) is 0 Å². The van der Waals surface area contributed by atoms with Crippen LogP contribution >= 0.6 is 0 Å². The molecule has 0 unspecified atom stereocenters. The second kappa shape index (κ2) is 4.14. The molecule has 0 radical (unpaired) electrons. The van der Waals surface area contributed by atoms with Gasteiger partial charge in [-0.1, -0.05) is 24.8 Å². The monoisotopic (exact) mass is 246 g/mol. The third-order valence-corrected chi connectivity index (χ3v) is 3.80. The number of hydrogen-bond donors (Lipinski definition) is 1. The van der Waals surface area contributed by atoms with Gasteiger partial charge in [-0.3, -0.25) is 0 Å². The Kier molecular flexibility index (Phi) is 3.03. The lowest BCUT2D eigenvalue weighted by atomic mass is 9.78. The Bertz CT molecular complexity index is 464. The predicted molar refractivity (Wildman–Crippen MR) is 73.9 cm³/mol. The van der Waals surface area contributed by atoms with E-state index in [9.17, 15) is 5.11 Å². The Balaban J connectivity index is 2.32. The fourth-order valence-electron chi connectivity index (χ4n) is 1.86. The molecule has 1 saturated heterocycles. The lowest BCUT2D eigenvalue weighted by molar-refractivity contribution is 0.00578. The van der Waals surface area contributed by atoms with E-state index in [2.05, 4.69) is 6.58 Å². The molecule has 1 fully saturated rings. The van der Waals surface area contributed by atoms with Crippen LogP contribution in [-0.4, -0.2) is 23.4 Å². The average molecular weight is 246 g/mol. The molecule has 3 nitrogen and oxygen atoms in total. The molecule has 0 amide bonds. The molecular weight excluding hydrogens is 227 g/mol. The first kappa shape index (κ1) is 13.2. The first-order valence-corrected chi connectivity index (χ1v) is 6.08. The van der Waals surface area contributed by atoms with Gasteiger partial charge in [-0.15, -0.1) is 0 Å². The smallest absolute Gasteiger partial charge is 0.494 e. The number of phenols is 1. The molecule has 0 atom stereocenters. The highest BCUT2D eigenvalue weighted by molar-refractivity contribution is 6.62. The van der Waals surface area contributed by atoms with Crippen molar-refractivity contribution in [1.82, 2.24) is 0 Å². The van der Waals surface area contributed by atoms with Crippen LogP contribution in [0.4, 0.5) is 0 Å². The van der Waals surface area contributed by atoms with Crippen molar-refractivity contribution in [3.05, 3.63) is 30.3 Å². The van der Waals surface area contributed by atoms with Crippen molar-refractivity contribution in [3.8, 4) is 5.75 Å². The third-order valence-electron chi connectivity index (χ3n) is 3.80. The molecule has 4 heteroatoms. The molecule has 0 spiro atoms. The van der Waals surface area contributed by atoms with Crippen molar-refractivity contribution in [2.45, 2.75) is 38.9 Å². The second-order valence-corrected chi connectivity index (χ2v) is 5.61. The quantitative estimate of drug-likeness (QED) is 0.814. The molecule has 2 rings (SSSR count). The van der Waals surface area contributed by atoms with Gasteiger partial charge < -0.3 is 14.4 Å². The number of benzene rings is 1. The maximum absolute atomic E-state index is 9.63. The fourth-order valence-corrected chi connectivity index (χ4v) is 1.86. The molecule has 0 saturated carbocycles. The van der Waals surface area contributed by atoms with Gasteiger partial charge in [-0.25, -0.2) is 0 Å². The number of aromatic hydroxyl groups is 1. The molecule has 1 N–H and O–H groups in total. The van der Waals surface area contributed by atoms with Crippen LogP contribution in [0.25, 0.3) is 6.08 Å². The van der Waals surface area contributed by atoms with E-state index in [1.54, 1.807) is 12.1 Å². The summed E-state index contributed by atoms with van der Waals surface area (Å²) >= 11 is 0. The molecule has 1 aromatic rings. The van der Waals surface area contributed by atoms with Gasteiger partial charge in [0.05, 0.1) is 11.2 Å². The summed E-state index contributed by atoms with van der Waals surface area (Å²) in [6, 6.07) is 5.28. The summed E-state index contributed by atoms with van der Waals surface area (Å²) in [5.41, 5.74) is 0.858. The van der Waals surface area contributed by atoms with Gasteiger partial charge in [0.1, 0.15) is 5.75 Å². The molecular formula is C14H19BO3. The lowest BCUT2D eigenvalue weighted by Gasteiger charge is -2.32. The van der Waals surface area contributed by atoms with E-state index >= 15 is 0 Å². The molecule has 1 aliphatic heterocycles. The van der Waals surface area contributed by atoms with Crippen LogP contribution in [0.15, 0.2) is 24.8 Å². The van der Waals surface area contributed by atoms with Crippen molar-refractivity contribution in [3.63, 3.8) is 0 Å². The van der Waals surface area contributed by atoms with Gasteiger partial charge in [0.25, 0.3) is 0 Å². The molecule has 1 aromatic carbocycles. The lowest BCUT2D eigenvalue weighted by Crippen LogP contribution is -2.41. The van der Waals surface area contributed by atoms with Crippen molar-refractivity contribution in [2.24, 2.45) is 0 Å². The van der Waals surface area contributed by atoms with Crippen molar-refractivity contribution in [1.29, 1.82) is 0 Å². The van der Waals surface area contributed by atoms with Crippen molar-refractivity contribution in [2.75, 3.05) is 0 Å². The van der Waals surface area contributed by atoms with E-state index in [0.29, 0.717) is 5.56 Å². The minimum Gasteiger partial charge on any atom is -0.507 e. The van der Waals surface area contributed by atoms with Gasteiger partial charge in [0.2, 0.25) is 0 Å². The SMILES string of the molecule is C=Cc1cc(B2OC(C)(C)C(C)(C)O2)ccc1O. The standard InChI is InChI=1S/C14H19BO3/c1-6-10-9-11(7-8-12(10)16)15-17-13(2,3)14(4,5)18-15/h6-9,16H,1H2,2-5H3. The summed E-state index contributed by atoms with van der Waals surface area (Å²) in [5.74, 6) is 0.213. The molecule has 0 bridgehead atoms. The highest BCUT2D eigenvalue weighted by Gasteiger charge is 2.51. The average Bonchev–Trinajstić information content (AvgIpc) is 2.49. The third kappa shape index (κ3) is 2.06. The van der Waals surface area contributed by atoms with E-state index in [1.807, 2.05) is 39.8 Å².